The molecule has 1 atom stereocenters. The summed E-state index contributed by atoms with van der Waals surface area (Å²) in [5.41, 5.74) is 3.39. The van der Waals surface area contributed by atoms with Crippen LogP contribution >= 0.6 is 0 Å². The van der Waals surface area contributed by atoms with Crippen LogP contribution in [-0.2, 0) is 6.42 Å². The zero-order valence-electron chi connectivity index (χ0n) is 19.8. The smallest absolute Gasteiger partial charge is 0.261 e. The summed E-state index contributed by atoms with van der Waals surface area (Å²) < 4.78 is 33.0. The summed E-state index contributed by atoms with van der Waals surface area (Å²) in [5, 5.41) is 7.22. The van der Waals surface area contributed by atoms with E-state index in [0.29, 0.717) is 43.1 Å². The van der Waals surface area contributed by atoms with Crippen molar-refractivity contribution in [2.24, 2.45) is 0 Å². The molecule has 0 bridgehead atoms. The van der Waals surface area contributed by atoms with Crippen molar-refractivity contribution in [2.45, 2.75) is 45.1 Å². The molecule has 1 aromatic carbocycles. The van der Waals surface area contributed by atoms with Crippen LogP contribution in [0.5, 0.6) is 5.75 Å². The van der Waals surface area contributed by atoms with E-state index in [-0.39, 0.29) is 18.6 Å². The zero-order chi connectivity index (χ0) is 24.4. The van der Waals surface area contributed by atoms with Crippen molar-refractivity contribution in [1.29, 1.82) is 0 Å². The number of anilines is 2. The Morgan fingerprint density at radius 3 is 2.69 bits per heavy atom. The molecule has 2 aromatic heterocycles. The zero-order valence-corrected chi connectivity index (χ0v) is 19.8. The number of fused-ring (bicyclic) bond motifs is 2. The second kappa shape index (κ2) is 10.2. The molecule has 1 amide bonds. The number of amides is 1. The Balaban J connectivity index is 0.000000786. The van der Waals surface area contributed by atoms with Crippen LogP contribution in [0.3, 0.4) is 0 Å². The predicted octanol–water partition coefficient (Wildman–Crippen LogP) is 3.86. The van der Waals surface area contributed by atoms with Gasteiger partial charge < -0.3 is 15.0 Å². The van der Waals surface area contributed by atoms with Crippen LogP contribution in [0, 0.1) is 0 Å². The van der Waals surface area contributed by atoms with E-state index in [2.05, 4.69) is 20.3 Å². The third-order valence-electron chi connectivity index (χ3n) is 6.25. The monoisotopic (exact) mass is 484 g/mol. The first-order chi connectivity index (χ1) is 17.0. The molecule has 1 unspecified atom stereocenters. The van der Waals surface area contributed by atoms with Crippen LogP contribution in [-0.4, -0.2) is 70.7 Å². The van der Waals surface area contributed by atoms with E-state index in [9.17, 15) is 13.6 Å². The van der Waals surface area contributed by atoms with Crippen molar-refractivity contribution in [3.05, 3.63) is 47.9 Å². The van der Waals surface area contributed by atoms with E-state index in [0.717, 1.165) is 23.4 Å². The number of alkyl halides is 2. The highest BCUT2D eigenvalue weighted by Crippen LogP contribution is 2.39. The van der Waals surface area contributed by atoms with E-state index in [1.807, 2.05) is 19.1 Å². The lowest BCUT2D eigenvalue weighted by atomic mass is 10.1. The Kier molecular flexibility index (Phi) is 6.81. The Morgan fingerprint density at radius 1 is 1.20 bits per heavy atom. The Labute approximate surface area is 202 Å². The summed E-state index contributed by atoms with van der Waals surface area (Å²) in [6.45, 7) is 4.02. The van der Waals surface area contributed by atoms with Crippen LogP contribution in [0.4, 0.5) is 20.2 Å². The van der Waals surface area contributed by atoms with Gasteiger partial charge in [0, 0.05) is 56.6 Å². The fourth-order valence-electron chi connectivity index (χ4n) is 4.36. The summed E-state index contributed by atoms with van der Waals surface area (Å²) >= 11 is 0. The fraction of sp³-hybridized carbons (Fsp3) is 0.480. The van der Waals surface area contributed by atoms with Gasteiger partial charge in [-0.3, -0.25) is 9.69 Å². The molecule has 1 saturated carbocycles. The summed E-state index contributed by atoms with van der Waals surface area (Å²) in [4.78, 5) is 21.2. The molecule has 1 saturated heterocycles. The number of carbonyl (C=O) groups is 1. The van der Waals surface area contributed by atoms with Gasteiger partial charge in [-0.05, 0) is 19.1 Å². The number of carbonyl (C=O) groups excluding carboxylic acids is 1. The van der Waals surface area contributed by atoms with Gasteiger partial charge >= 0.3 is 0 Å². The molecule has 1 aliphatic carbocycles. The first kappa shape index (κ1) is 23.5. The number of rotatable bonds is 5. The number of piperazine rings is 1. The molecule has 35 heavy (non-hydrogen) atoms. The largest absolute Gasteiger partial charge is 0.490 e. The van der Waals surface area contributed by atoms with Crippen molar-refractivity contribution >= 4 is 22.9 Å². The van der Waals surface area contributed by atoms with Gasteiger partial charge in [0.1, 0.15) is 17.4 Å². The van der Waals surface area contributed by atoms with E-state index >= 15 is 0 Å². The lowest BCUT2D eigenvalue weighted by molar-refractivity contribution is 0.0854. The van der Waals surface area contributed by atoms with Gasteiger partial charge in [0.15, 0.2) is 5.65 Å². The maximum Gasteiger partial charge on any atom is 0.261 e. The fourth-order valence-corrected chi connectivity index (χ4v) is 4.36. The second-order valence-corrected chi connectivity index (χ2v) is 9.25. The molecule has 186 valence electrons. The van der Waals surface area contributed by atoms with Gasteiger partial charge in [0.2, 0.25) is 0 Å². The maximum atomic E-state index is 13.1. The van der Waals surface area contributed by atoms with Crippen LogP contribution in [0.25, 0.3) is 5.65 Å². The normalized spacial score (nSPS) is 19.2. The first-order valence-electron chi connectivity index (χ1n) is 12.2. The molecule has 3 aliphatic rings. The van der Waals surface area contributed by atoms with Gasteiger partial charge in [-0.1, -0.05) is 19.3 Å². The standard InChI is InChI=1S/C22H24F2N6O2.C3H6/c1-14-9-15-10-17(27-22(31)16-12-26-30-4-2-3-25-21(16)30)18(11-19(15)32-14)29-7-5-28(6-8-29)13-20(23)24;1-2-3-1/h2-4,10-12,14,20H,5-9,13H2,1H3,(H,27,31);1-3H2. The molecule has 0 spiro atoms. The van der Waals surface area contributed by atoms with Gasteiger partial charge in [-0.2, -0.15) is 5.10 Å². The van der Waals surface area contributed by atoms with Crippen molar-refractivity contribution in [3.63, 3.8) is 0 Å². The molecular formula is C25H30F2N6O2. The van der Waals surface area contributed by atoms with Crippen molar-refractivity contribution in [1.82, 2.24) is 19.5 Å². The van der Waals surface area contributed by atoms with E-state index in [1.165, 1.54) is 25.5 Å². The average Bonchev–Trinajstić information content (AvgIpc) is 3.59. The van der Waals surface area contributed by atoms with E-state index in [1.54, 1.807) is 27.9 Å². The molecule has 1 N–H and O–H groups in total. The highest BCUT2D eigenvalue weighted by atomic mass is 19.3. The van der Waals surface area contributed by atoms with Crippen molar-refractivity contribution in [3.8, 4) is 5.75 Å². The molecule has 4 heterocycles. The van der Waals surface area contributed by atoms with Crippen molar-refractivity contribution < 1.29 is 18.3 Å². The van der Waals surface area contributed by atoms with E-state index < -0.39 is 6.43 Å². The maximum absolute atomic E-state index is 13.1. The number of nitrogens with one attached hydrogen (secondary N) is 1. The topological polar surface area (TPSA) is 75.0 Å². The van der Waals surface area contributed by atoms with Crippen LogP contribution in [0.2, 0.25) is 0 Å². The van der Waals surface area contributed by atoms with Gasteiger partial charge in [-0.25, -0.2) is 18.3 Å². The minimum atomic E-state index is -2.34. The number of hydrogen-bond donors (Lipinski definition) is 1. The molecule has 2 aliphatic heterocycles. The third kappa shape index (κ3) is 5.53. The average molecular weight is 485 g/mol. The third-order valence-corrected chi connectivity index (χ3v) is 6.25. The Hall–Kier alpha value is -3.27. The SMILES string of the molecule is C1CC1.CC1Cc2cc(NC(=O)c3cnn4cccnc34)c(N3CCN(CC(F)F)CC3)cc2O1. The number of halogens is 2. The minimum absolute atomic E-state index is 0.0653. The number of benzene rings is 1. The van der Waals surface area contributed by atoms with Gasteiger partial charge in [0.25, 0.3) is 12.3 Å². The molecule has 3 aromatic rings. The quantitative estimate of drug-likeness (QED) is 0.593. The summed E-state index contributed by atoms with van der Waals surface area (Å²) in [7, 11) is 0. The molecule has 6 rings (SSSR count). The lowest BCUT2D eigenvalue weighted by Crippen LogP contribution is -2.48. The lowest BCUT2D eigenvalue weighted by Gasteiger charge is -2.37. The molecule has 8 nitrogen and oxygen atoms in total. The second-order valence-electron chi connectivity index (χ2n) is 9.25. The van der Waals surface area contributed by atoms with Crippen LogP contribution < -0.4 is 15.0 Å². The molecular weight excluding hydrogens is 454 g/mol. The highest BCUT2D eigenvalue weighted by Gasteiger charge is 2.27. The van der Waals surface area contributed by atoms with Crippen LogP contribution in [0.15, 0.2) is 36.8 Å². The van der Waals surface area contributed by atoms with Gasteiger partial charge in [0.05, 0.1) is 24.1 Å². The Morgan fingerprint density at radius 2 is 1.97 bits per heavy atom. The number of aromatic nitrogens is 3. The minimum Gasteiger partial charge on any atom is -0.490 e. The predicted molar refractivity (Wildman–Crippen MR) is 130 cm³/mol. The van der Waals surface area contributed by atoms with Crippen LogP contribution in [0.1, 0.15) is 42.1 Å². The summed E-state index contributed by atoms with van der Waals surface area (Å²) in [6.07, 6.45) is 7.84. The highest BCUT2D eigenvalue weighted by molar-refractivity contribution is 6.09. The number of nitrogens with zero attached hydrogens (tertiary/aromatic N) is 5. The molecule has 2 fully saturated rings. The number of hydrogen-bond acceptors (Lipinski definition) is 6. The Bertz CT molecular complexity index is 1190. The van der Waals surface area contributed by atoms with Gasteiger partial charge in [-0.15, -0.1) is 0 Å². The van der Waals surface area contributed by atoms with E-state index in [4.69, 9.17) is 4.74 Å². The number of ether oxygens (including phenoxy) is 1. The molecule has 0 radical (unpaired) electrons. The summed E-state index contributed by atoms with van der Waals surface area (Å²) in [6, 6.07) is 5.65. The molecule has 10 heteroatoms. The van der Waals surface area contributed by atoms with Crippen molar-refractivity contribution in [2.75, 3.05) is 42.9 Å². The first-order valence-corrected chi connectivity index (χ1v) is 12.2. The summed E-state index contributed by atoms with van der Waals surface area (Å²) in [5.74, 6) is 0.501.